The topological polar surface area (TPSA) is 159 Å². The molecule has 39 heavy (non-hydrogen) atoms. The molecule has 14 nitrogen and oxygen atoms in total. The molecular formula is C25H41N5O9. The van der Waals surface area contributed by atoms with Crippen LogP contribution in [0.5, 0.6) is 5.75 Å². The van der Waals surface area contributed by atoms with Gasteiger partial charge in [0.1, 0.15) is 5.75 Å². The summed E-state index contributed by atoms with van der Waals surface area (Å²) >= 11 is 0. The standard InChI is InChI=1S/C25H41N5O9/c1-35-25-20-14-22(30(33)34)15-21(25)17-27-24(32)19-29-4-8-38-11-10-36-6-2-28(18-23(31)26-16-20)3-7-37-12-13-39-9-5-29/h14-15,30,33H,2-13,16-19H2,1H3,(H,26,31)(H,27,32). The lowest BCUT2D eigenvalue weighted by Gasteiger charge is -2.23. The third-order valence-corrected chi connectivity index (χ3v) is 6.33. The SMILES string of the molecule is COc1c2cc([NH+]([O-])O)cc1CNC(=O)CN1CCOCCOCCN(CCOCCOCC1)CC(=O)NC2. The van der Waals surface area contributed by atoms with E-state index < -0.39 is 5.23 Å². The van der Waals surface area contributed by atoms with E-state index in [9.17, 15) is 20.0 Å². The van der Waals surface area contributed by atoms with E-state index in [-0.39, 0.29) is 43.7 Å². The molecule has 0 saturated carbocycles. The van der Waals surface area contributed by atoms with Gasteiger partial charge >= 0.3 is 0 Å². The van der Waals surface area contributed by atoms with Crippen molar-refractivity contribution in [2.45, 2.75) is 13.1 Å². The first-order valence-electron chi connectivity index (χ1n) is 13.2. The molecule has 1 saturated heterocycles. The van der Waals surface area contributed by atoms with E-state index in [1.165, 1.54) is 19.2 Å². The molecule has 0 aromatic heterocycles. The summed E-state index contributed by atoms with van der Waals surface area (Å²) in [5, 5.41) is 26.1. The first-order chi connectivity index (χ1) is 19.0. The largest absolute Gasteiger partial charge is 0.595 e. The summed E-state index contributed by atoms with van der Waals surface area (Å²) in [4.78, 5) is 29.6. The summed E-state index contributed by atoms with van der Waals surface area (Å²) in [5.74, 6) is -0.0676. The van der Waals surface area contributed by atoms with Crippen molar-refractivity contribution >= 4 is 17.5 Å². The molecular weight excluding hydrogens is 514 g/mol. The molecule has 14 heteroatoms. The molecule has 1 aromatic carbocycles. The number of benzene rings is 1. The second-order valence-corrected chi connectivity index (χ2v) is 9.19. The second kappa shape index (κ2) is 17.3. The average Bonchev–Trinajstić information content (AvgIpc) is 2.91. The van der Waals surface area contributed by atoms with Crippen molar-refractivity contribution in [3.63, 3.8) is 0 Å². The number of nitrogens with one attached hydrogen (secondary N) is 3. The highest BCUT2D eigenvalue weighted by Crippen LogP contribution is 2.27. The number of hydrogen-bond acceptors (Lipinski definition) is 11. The van der Waals surface area contributed by atoms with Gasteiger partial charge in [-0.25, -0.2) is 5.21 Å². The Morgan fingerprint density at radius 1 is 0.769 bits per heavy atom. The zero-order valence-electron chi connectivity index (χ0n) is 22.6. The minimum Gasteiger partial charge on any atom is -0.595 e. The molecule has 1 fully saturated rings. The van der Waals surface area contributed by atoms with Gasteiger partial charge in [0, 0.05) is 62.5 Å². The number of carbonyl (C=O) groups is 2. The maximum absolute atomic E-state index is 12.9. The van der Waals surface area contributed by atoms with Crippen LogP contribution in [0.2, 0.25) is 0 Å². The van der Waals surface area contributed by atoms with Crippen LogP contribution in [0.25, 0.3) is 0 Å². The molecule has 1 unspecified atom stereocenters. The Bertz CT molecular complexity index is 822. The maximum Gasteiger partial charge on any atom is 0.234 e. The van der Waals surface area contributed by atoms with E-state index in [1.807, 2.05) is 9.80 Å². The van der Waals surface area contributed by atoms with E-state index in [0.717, 1.165) is 0 Å². The molecule has 0 radical (unpaired) electrons. The Labute approximate surface area is 228 Å². The summed E-state index contributed by atoms with van der Waals surface area (Å²) in [6, 6.07) is 2.94. The summed E-state index contributed by atoms with van der Waals surface area (Å²) in [6.07, 6.45) is 0. The number of hydrogen-bond donors (Lipinski definition) is 4. The van der Waals surface area contributed by atoms with Gasteiger partial charge in [0.05, 0.1) is 73.1 Å². The van der Waals surface area contributed by atoms with Crippen molar-refractivity contribution in [2.75, 3.05) is 99.2 Å². The number of amides is 2. The summed E-state index contributed by atoms with van der Waals surface area (Å²) in [5.41, 5.74) is 1.04. The van der Waals surface area contributed by atoms with Crippen molar-refractivity contribution in [2.24, 2.45) is 0 Å². The molecule has 1 aromatic rings. The van der Waals surface area contributed by atoms with Crippen LogP contribution in [0.3, 0.4) is 0 Å². The van der Waals surface area contributed by atoms with E-state index >= 15 is 0 Å². The maximum atomic E-state index is 12.9. The summed E-state index contributed by atoms with van der Waals surface area (Å²) in [7, 11) is 1.47. The van der Waals surface area contributed by atoms with Gasteiger partial charge in [-0.1, -0.05) is 0 Å². The van der Waals surface area contributed by atoms with Gasteiger partial charge in [0.2, 0.25) is 11.8 Å². The number of ether oxygens (including phenoxy) is 5. The third kappa shape index (κ3) is 11.3. The zero-order chi connectivity index (χ0) is 27.9. The zero-order valence-corrected chi connectivity index (χ0v) is 22.6. The van der Waals surface area contributed by atoms with Gasteiger partial charge in [0.25, 0.3) is 0 Å². The first kappa shape index (κ1) is 31.1. The molecule has 3 heterocycles. The Balaban J connectivity index is 1.86. The average molecular weight is 556 g/mol. The lowest BCUT2D eigenvalue weighted by Crippen LogP contribution is -2.99. The molecule has 2 amide bonds. The van der Waals surface area contributed by atoms with E-state index in [2.05, 4.69) is 10.6 Å². The highest BCUT2D eigenvalue weighted by Gasteiger charge is 2.19. The van der Waals surface area contributed by atoms with Crippen LogP contribution in [-0.2, 0) is 41.6 Å². The van der Waals surface area contributed by atoms with Crippen molar-refractivity contribution in [3.05, 3.63) is 28.5 Å². The van der Waals surface area contributed by atoms with E-state index in [0.29, 0.717) is 95.9 Å². The molecule has 3 aliphatic rings. The number of quaternary nitrogens is 1. The normalized spacial score (nSPS) is 24.7. The van der Waals surface area contributed by atoms with Crippen LogP contribution < -0.4 is 20.6 Å². The Morgan fingerprint density at radius 3 is 1.49 bits per heavy atom. The van der Waals surface area contributed by atoms with Gasteiger partial charge in [-0.2, -0.15) is 5.23 Å². The molecule has 4 bridgehead atoms. The molecule has 0 aliphatic carbocycles. The highest BCUT2D eigenvalue weighted by atomic mass is 16.8. The van der Waals surface area contributed by atoms with Gasteiger partial charge in [0.15, 0.2) is 5.69 Å². The molecule has 4 rings (SSSR count). The van der Waals surface area contributed by atoms with Crippen LogP contribution >= 0.6 is 0 Å². The number of nitrogens with zero attached hydrogens (tertiary/aromatic N) is 2. The Hall–Kier alpha value is -2.40. The van der Waals surface area contributed by atoms with Crippen molar-refractivity contribution in [3.8, 4) is 5.75 Å². The van der Waals surface area contributed by atoms with Crippen molar-refractivity contribution in [1.29, 1.82) is 0 Å². The molecule has 0 spiro atoms. The monoisotopic (exact) mass is 555 g/mol. The first-order valence-corrected chi connectivity index (χ1v) is 13.2. The Kier molecular flexibility index (Phi) is 13.8. The van der Waals surface area contributed by atoms with Crippen LogP contribution in [0, 0.1) is 5.21 Å². The van der Waals surface area contributed by atoms with E-state index in [1.54, 1.807) is 0 Å². The van der Waals surface area contributed by atoms with Crippen LogP contribution in [-0.4, -0.2) is 126 Å². The molecule has 220 valence electrons. The van der Waals surface area contributed by atoms with E-state index in [4.69, 9.17) is 23.7 Å². The fourth-order valence-corrected chi connectivity index (χ4v) is 4.27. The fourth-order valence-electron chi connectivity index (χ4n) is 4.27. The summed E-state index contributed by atoms with van der Waals surface area (Å²) < 4.78 is 28.4. The van der Waals surface area contributed by atoms with Gasteiger partial charge in [-0.15, -0.1) is 0 Å². The Morgan fingerprint density at radius 2 is 1.15 bits per heavy atom. The fraction of sp³-hybridized carbons (Fsp3) is 0.680. The minimum absolute atomic E-state index is 0.0351. The number of fused-ring (bicyclic) bond motifs is 20. The smallest absolute Gasteiger partial charge is 0.234 e. The third-order valence-electron chi connectivity index (χ3n) is 6.33. The van der Waals surface area contributed by atoms with Gasteiger partial charge in [-0.3, -0.25) is 19.4 Å². The number of methoxy groups -OCH3 is 1. The van der Waals surface area contributed by atoms with Crippen LogP contribution in [0.4, 0.5) is 5.69 Å². The van der Waals surface area contributed by atoms with Gasteiger partial charge < -0.3 is 39.5 Å². The highest BCUT2D eigenvalue weighted by molar-refractivity contribution is 5.78. The molecule has 3 aliphatic heterocycles. The lowest BCUT2D eigenvalue weighted by atomic mass is 10.1. The predicted octanol–water partition coefficient (Wildman–Crippen LogP) is -1.97. The summed E-state index contributed by atoms with van der Waals surface area (Å²) in [6.45, 7) is 5.80. The van der Waals surface area contributed by atoms with Crippen LogP contribution in [0.15, 0.2) is 12.1 Å². The van der Waals surface area contributed by atoms with Crippen molar-refractivity contribution in [1.82, 2.24) is 20.4 Å². The number of rotatable bonds is 2. The molecule has 4 N–H and O–H groups in total. The minimum atomic E-state index is -1.12. The van der Waals surface area contributed by atoms with Gasteiger partial charge in [-0.05, 0) is 0 Å². The quantitative estimate of drug-likeness (QED) is 0.300. The number of carbonyl (C=O) groups excluding carboxylic acids is 2. The van der Waals surface area contributed by atoms with Crippen LogP contribution in [0.1, 0.15) is 11.1 Å². The second-order valence-electron chi connectivity index (χ2n) is 9.19. The lowest BCUT2D eigenvalue weighted by molar-refractivity contribution is -0.991. The molecule has 1 atom stereocenters. The van der Waals surface area contributed by atoms with Crippen molar-refractivity contribution < 1.29 is 43.7 Å². The predicted molar refractivity (Wildman–Crippen MR) is 139 cm³/mol.